The van der Waals surface area contributed by atoms with Gasteiger partial charge >= 0.3 is 0 Å². The fourth-order valence-corrected chi connectivity index (χ4v) is 2.51. The Morgan fingerprint density at radius 1 is 1.00 bits per heavy atom. The molecule has 1 heterocycles. The van der Waals surface area contributed by atoms with Crippen LogP contribution in [-0.4, -0.2) is 29.7 Å². The maximum absolute atomic E-state index is 9.58. The molecule has 1 aliphatic heterocycles. The van der Waals surface area contributed by atoms with Crippen LogP contribution in [0.5, 0.6) is 0 Å². The number of benzene rings is 1. The van der Waals surface area contributed by atoms with Crippen molar-refractivity contribution in [3.05, 3.63) is 35.9 Å². The molecule has 0 saturated carbocycles. The van der Waals surface area contributed by atoms with Gasteiger partial charge in [0, 0.05) is 0 Å². The Bertz CT molecular complexity index is 291. The smallest absolute Gasteiger partial charge is 0.0628 e. The van der Waals surface area contributed by atoms with E-state index >= 15 is 0 Å². The molecule has 1 N–H and O–H groups in total. The third kappa shape index (κ3) is 2.83. The van der Waals surface area contributed by atoms with Crippen molar-refractivity contribution in [1.82, 2.24) is 4.90 Å². The van der Waals surface area contributed by atoms with Gasteiger partial charge in [-0.3, -0.25) is 4.90 Å². The number of hydrogen-bond donors (Lipinski definition) is 1. The number of aliphatic hydroxyl groups excluding tert-OH is 1. The lowest BCUT2D eigenvalue weighted by atomic mass is 10.1. The Kier molecular flexibility index (Phi) is 4.37. The van der Waals surface area contributed by atoms with Gasteiger partial charge in [-0.25, -0.2) is 0 Å². The summed E-state index contributed by atoms with van der Waals surface area (Å²) in [4.78, 5) is 2.43. The molecular formula is C14H21NO. The van der Waals surface area contributed by atoms with Gasteiger partial charge in [-0.1, -0.05) is 43.2 Å². The van der Waals surface area contributed by atoms with Crippen LogP contribution in [0.15, 0.2) is 30.3 Å². The molecule has 1 atom stereocenters. The maximum atomic E-state index is 9.58. The van der Waals surface area contributed by atoms with E-state index < -0.39 is 0 Å². The molecule has 2 rings (SSSR count). The third-order valence-corrected chi connectivity index (χ3v) is 3.44. The van der Waals surface area contributed by atoms with E-state index in [1.165, 1.54) is 31.2 Å². The first-order chi connectivity index (χ1) is 7.92. The summed E-state index contributed by atoms with van der Waals surface area (Å²) >= 11 is 0. The van der Waals surface area contributed by atoms with Crippen molar-refractivity contribution in [1.29, 1.82) is 0 Å². The molecule has 1 saturated heterocycles. The Balaban J connectivity index is 2.09. The van der Waals surface area contributed by atoms with Crippen LogP contribution in [-0.2, 0) is 0 Å². The monoisotopic (exact) mass is 219 g/mol. The normalized spacial score (nSPS) is 20.3. The van der Waals surface area contributed by atoms with Crippen molar-refractivity contribution in [3.63, 3.8) is 0 Å². The summed E-state index contributed by atoms with van der Waals surface area (Å²) in [6.45, 7) is 2.48. The highest BCUT2D eigenvalue weighted by Gasteiger charge is 2.20. The van der Waals surface area contributed by atoms with Gasteiger partial charge in [-0.2, -0.15) is 0 Å². The summed E-state index contributed by atoms with van der Waals surface area (Å²) in [5, 5.41) is 9.58. The first kappa shape index (κ1) is 11.6. The molecule has 0 spiro atoms. The SMILES string of the molecule is OCC(c1ccccc1)N1CCCCCC1. The quantitative estimate of drug-likeness (QED) is 0.844. The van der Waals surface area contributed by atoms with Gasteiger partial charge in [0.15, 0.2) is 0 Å². The highest BCUT2D eigenvalue weighted by atomic mass is 16.3. The van der Waals surface area contributed by atoms with Crippen LogP contribution in [0.2, 0.25) is 0 Å². The van der Waals surface area contributed by atoms with Crippen molar-refractivity contribution < 1.29 is 5.11 Å². The lowest BCUT2D eigenvalue weighted by Crippen LogP contribution is -2.32. The van der Waals surface area contributed by atoms with Crippen molar-refractivity contribution in [3.8, 4) is 0 Å². The van der Waals surface area contributed by atoms with Gasteiger partial charge in [-0.15, -0.1) is 0 Å². The molecule has 0 bridgehead atoms. The minimum atomic E-state index is 0.194. The zero-order valence-electron chi connectivity index (χ0n) is 9.81. The summed E-state index contributed by atoms with van der Waals surface area (Å²) in [5.41, 5.74) is 1.24. The molecule has 1 aliphatic rings. The zero-order chi connectivity index (χ0) is 11.2. The van der Waals surface area contributed by atoms with Crippen molar-refractivity contribution in [2.45, 2.75) is 31.7 Å². The number of hydrogen-bond acceptors (Lipinski definition) is 2. The van der Waals surface area contributed by atoms with Gasteiger partial charge in [0.25, 0.3) is 0 Å². The molecule has 0 radical (unpaired) electrons. The summed E-state index contributed by atoms with van der Waals surface area (Å²) in [7, 11) is 0. The molecule has 1 unspecified atom stereocenters. The van der Waals surface area contributed by atoms with Crippen molar-refractivity contribution in [2.24, 2.45) is 0 Å². The molecule has 0 aromatic heterocycles. The second kappa shape index (κ2) is 6.02. The van der Waals surface area contributed by atoms with Gasteiger partial charge in [0.1, 0.15) is 0 Å². The average Bonchev–Trinajstić information content (AvgIpc) is 2.61. The zero-order valence-corrected chi connectivity index (χ0v) is 9.81. The highest BCUT2D eigenvalue weighted by molar-refractivity contribution is 5.19. The summed E-state index contributed by atoms with van der Waals surface area (Å²) < 4.78 is 0. The van der Waals surface area contributed by atoms with Crippen LogP contribution < -0.4 is 0 Å². The lowest BCUT2D eigenvalue weighted by Gasteiger charge is -2.29. The maximum Gasteiger partial charge on any atom is 0.0628 e. The van der Waals surface area contributed by atoms with Crippen LogP contribution in [0.3, 0.4) is 0 Å². The lowest BCUT2D eigenvalue weighted by molar-refractivity contribution is 0.127. The van der Waals surface area contributed by atoms with Crippen molar-refractivity contribution >= 4 is 0 Å². The van der Waals surface area contributed by atoms with Crippen LogP contribution in [0.25, 0.3) is 0 Å². The molecule has 1 fully saturated rings. The Morgan fingerprint density at radius 3 is 2.19 bits per heavy atom. The fraction of sp³-hybridized carbons (Fsp3) is 0.571. The predicted molar refractivity (Wildman–Crippen MR) is 66.3 cm³/mol. The first-order valence-corrected chi connectivity index (χ1v) is 6.31. The van der Waals surface area contributed by atoms with E-state index in [0.29, 0.717) is 0 Å². The average molecular weight is 219 g/mol. The van der Waals surface area contributed by atoms with E-state index in [1.54, 1.807) is 0 Å². The molecule has 88 valence electrons. The minimum Gasteiger partial charge on any atom is -0.394 e. The van der Waals surface area contributed by atoms with Gasteiger partial charge < -0.3 is 5.11 Å². The van der Waals surface area contributed by atoms with E-state index in [1.807, 2.05) is 6.07 Å². The highest BCUT2D eigenvalue weighted by Crippen LogP contribution is 2.23. The standard InChI is InChI=1S/C14H21NO/c16-12-14(13-8-4-3-5-9-13)15-10-6-1-2-7-11-15/h3-5,8-9,14,16H,1-2,6-7,10-12H2. The second-order valence-electron chi connectivity index (χ2n) is 4.56. The van der Waals surface area contributed by atoms with E-state index in [-0.39, 0.29) is 12.6 Å². The van der Waals surface area contributed by atoms with Gasteiger partial charge in [0.2, 0.25) is 0 Å². The predicted octanol–water partition coefficient (Wildman–Crippen LogP) is 2.60. The molecule has 1 aromatic carbocycles. The number of nitrogens with zero attached hydrogens (tertiary/aromatic N) is 1. The van der Waals surface area contributed by atoms with E-state index in [0.717, 1.165) is 13.1 Å². The molecule has 16 heavy (non-hydrogen) atoms. The first-order valence-electron chi connectivity index (χ1n) is 6.31. The topological polar surface area (TPSA) is 23.5 Å². The molecule has 1 aromatic rings. The Labute approximate surface area is 97.9 Å². The van der Waals surface area contributed by atoms with Crippen LogP contribution in [0.4, 0.5) is 0 Å². The number of likely N-dealkylation sites (tertiary alicyclic amines) is 1. The van der Waals surface area contributed by atoms with Crippen molar-refractivity contribution in [2.75, 3.05) is 19.7 Å². The van der Waals surface area contributed by atoms with Gasteiger partial charge in [-0.05, 0) is 31.5 Å². The van der Waals surface area contributed by atoms with E-state index in [2.05, 4.69) is 29.2 Å². The number of aliphatic hydroxyl groups is 1. The summed E-state index contributed by atoms with van der Waals surface area (Å²) in [5.74, 6) is 0. The largest absolute Gasteiger partial charge is 0.394 e. The second-order valence-corrected chi connectivity index (χ2v) is 4.56. The Morgan fingerprint density at radius 2 is 1.62 bits per heavy atom. The molecule has 2 nitrogen and oxygen atoms in total. The molecular weight excluding hydrogens is 198 g/mol. The van der Waals surface area contributed by atoms with Crippen LogP contribution in [0, 0.1) is 0 Å². The third-order valence-electron chi connectivity index (χ3n) is 3.44. The molecule has 0 amide bonds. The Hall–Kier alpha value is -0.860. The van der Waals surface area contributed by atoms with Crippen LogP contribution in [0.1, 0.15) is 37.3 Å². The van der Waals surface area contributed by atoms with Gasteiger partial charge in [0.05, 0.1) is 12.6 Å². The van der Waals surface area contributed by atoms with Crippen LogP contribution >= 0.6 is 0 Å². The van der Waals surface area contributed by atoms with E-state index in [9.17, 15) is 5.11 Å². The fourth-order valence-electron chi connectivity index (χ4n) is 2.51. The molecule has 0 aliphatic carbocycles. The summed E-state index contributed by atoms with van der Waals surface area (Å²) in [6, 6.07) is 10.6. The summed E-state index contributed by atoms with van der Waals surface area (Å²) in [6.07, 6.45) is 5.21. The minimum absolute atomic E-state index is 0.194. The molecule has 2 heteroatoms. The van der Waals surface area contributed by atoms with E-state index in [4.69, 9.17) is 0 Å². The number of rotatable bonds is 3.